The van der Waals surface area contributed by atoms with Crippen molar-refractivity contribution in [2.24, 2.45) is 34.5 Å². The van der Waals surface area contributed by atoms with Crippen molar-refractivity contribution in [3.8, 4) is 0 Å². The van der Waals surface area contributed by atoms with Crippen LogP contribution in [0, 0.1) is 34.5 Å². The van der Waals surface area contributed by atoms with Gasteiger partial charge >= 0.3 is 5.97 Å². The molecule has 1 aromatic rings. The summed E-state index contributed by atoms with van der Waals surface area (Å²) in [4.78, 5) is 12.9. The molecule has 0 spiro atoms. The molecule has 2 nitrogen and oxygen atoms in total. The normalized spacial score (nSPS) is 39.3. The maximum atomic E-state index is 12.9. The average Bonchev–Trinajstić information content (AvgIpc) is 3.10. The number of carbonyl (C=O) groups excluding carboxylic acids is 1. The van der Waals surface area contributed by atoms with Crippen LogP contribution in [0.3, 0.4) is 0 Å². The summed E-state index contributed by atoms with van der Waals surface area (Å²) in [5.41, 5.74) is 2.24. The van der Waals surface area contributed by atoms with Gasteiger partial charge in [0.1, 0.15) is 5.76 Å². The third-order valence-corrected chi connectivity index (χ3v) is 9.12. The van der Waals surface area contributed by atoms with Crippen molar-refractivity contribution in [2.75, 3.05) is 0 Å². The van der Waals surface area contributed by atoms with Crippen LogP contribution in [0.2, 0.25) is 0 Å². The molecule has 5 rings (SSSR count). The Morgan fingerprint density at radius 3 is 2.67 bits per heavy atom. The molecular weight excluding hydrogens is 368 g/mol. The molecular formula is C28H34O2. The van der Waals surface area contributed by atoms with E-state index >= 15 is 0 Å². The van der Waals surface area contributed by atoms with Crippen molar-refractivity contribution in [1.82, 2.24) is 0 Å². The first-order valence-corrected chi connectivity index (χ1v) is 11.8. The first-order valence-electron chi connectivity index (χ1n) is 11.8. The number of rotatable bonds is 3. The van der Waals surface area contributed by atoms with E-state index in [-0.39, 0.29) is 11.4 Å². The van der Waals surface area contributed by atoms with Crippen molar-refractivity contribution in [1.29, 1.82) is 0 Å². The molecule has 0 N–H and O–H groups in total. The van der Waals surface area contributed by atoms with E-state index in [0.29, 0.717) is 28.7 Å². The summed E-state index contributed by atoms with van der Waals surface area (Å²) in [5.74, 6) is 3.20. The lowest BCUT2D eigenvalue weighted by Crippen LogP contribution is -2.48. The molecule has 1 aromatic carbocycles. The first-order chi connectivity index (χ1) is 14.5. The van der Waals surface area contributed by atoms with E-state index < -0.39 is 0 Å². The van der Waals surface area contributed by atoms with Gasteiger partial charge in [-0.1, -0.05) is 63.6 Å². The standard InChI is InChI=1S/C28H34O2/c1-4-20-13-14-22-21-18-25(30-26(29)19-10-6-5-7-11-19)24-12-8-9-16-28(24,3)23(21)15-17-27(20,22)2/h5-7,9-12,16,18,20-23H,4,8,13-15,17H2,1-3H3/t20-,21-,22-,23-,27+,28+/m0/s1. The van der Waals surface area contributed by atoms with Gasteiger partial charge in [0, 0.05) is 11.0 Å². The second kappa shape index (κ2) is 7.25. The molecule has 30 heavy (non-hydrogen) atoms. The lowest BCUT2D eigenvalue weighted by Gasteiger charge is -2.55. The van der Waals surface area contributed by atoms with E-state index in [2.05, 4.69) is 45.1 Å². The number of allylic oxidation sites excluding steroid dienone is 5. The summed E-state index contributed by atoms with van der Waals surface area (Å²) in [6.45, 7) is 7.29. The van der Waals surface area contributed by atoms with Crippen LogP contribution in [0.4, 0.5) is 0 Å². The monoisotopic (exact) mass is 402 g/mol. The van der Waals surface area contributed by atoms with Crippen LogP contribution in [0.1, 0.15) is 69.7 Å². The second-order valence-corrected chi connectivity index (χ2v) is 10.3. The van der Waals surface area contributed by atoms with E-state index in [1.54, 1.807) is 0 Å². The Hall–Kier alpha value is -2.09. The van der Waals surface area contributed by atoms with Crippen molar-refractivity contribution in [3.63, 3.8) is 0 Å². The quantitative estimate of drug-likeness (QED) is 0.398. The zero-order valence-electron chi connectivity index (χ0n) is 18.6. The summed E-state index contributed by atoms with van der Waals surface area (Å²) in [5, 5.41) is 0. The van der Waals surface area contributed by atoms with Crippen LogP contribution in [-0.4, -0.2) is 5.97 Å². The maximum absolute atomic E-state index is 12.9. The highest BCUT2D eigenvalue weighted by Gasteiger charge is 2.58. The van der Waals surface area contributed by atoms with Gasteiger partial charge in [-0.3, -0.25) is 0 Å². The van der Waals surface area contributed by atoms with Crippen molar-refractivity contribution in [3.05, 3.63) is 71.5 Å². The summed E-state index contributed by atoms with van der Waals surface area (Å²) in [6, 6.07) is 9.39. The maximum Gasteiger partial charge on any atom is 0.343 e. The van der Waals surface area contributed by atoms with Gasteiger partial charge in [0.05, 0.1) is 5.56 Å². The lowest BCUT2D eigenvalue weighted by molar-refractivity contribution is -0.00526. The number of benzene rings is 1. The third-order valence-electron chi connectivity index (χ3n) is 9.12. The van der Waals surface area contributed by atoms with Crippen LogP contribution in [0.5, 0.6) is 0 Å². The summed E-state index contributed by atoms with van der Waals surface area (Å²) in [7, 11) is 0. The smallest absolute Gasteiger partial charge is 0.343 e. The molecule has 4 aliphatic rings. The van der Waals surface area contributed by atoms with Gasteiger partial charge in [0.15, 0.2) is 0 Å². The van der Waals surface area contributed by atoms with Gasteiger partial charge in [-0.15, -0.1) is 0 Å². The van der Waals surface area contributed by atoms with Gasteiger partial charge in [0.25, 0.3) is 0 Å². The molecule has 2 heteroatoms. The largest absolute Gasteiger partial charge is 0.423 e. The van der Waals surface area contributed by atoms with Crippen LogP contribution in [0.15, 0.2) is 66.0 Å². The molecule has 0 bridgehead atoms. The Balaban J connectivity index is 1.54. The zero-order chi connectivity index (χ0) is 20.9. The molecule has 0 unspecified atom stereocenters. The van der Waals surface area contributed by atoms with Crippen molar-refractivity contribution in [2.45, 2.75) is 59.3 Å². The highest BCUT2D eigenvalue weighted by Crippen LogP contribution is 2.65. The number of hydrogen-bond acceptors (Lipinski definition) is 2. The van der Waals surface area contributed by atoms with Crippen molar-refractivity contribution < 1.29 is 9.53 Å². The summed E-state index contributed by atoms with van der Waals surface area (Å²) < 4.78 is 6.12. The molecule has 0 aliphatic heterocycles. The molecule has 0 radical (unpaired) electrons. The fraction of sp³-hybridized carbons (Fsp3) is 0.536. The van der Waals surface area contributed by atoms with Gasteiger partial charge < -0.3 is 4.74 Å². The Morgan fingerprint density at radius 2 is 1.90 bits per heavy atom. The van der Waals surface area contributed by atoms with Crippen molar-refractivity contribution >= 4 is 5.97 Å². The molecule has 4 aliphatic carbocycles. The second-order valence-electron chi connectivity index (χ2n) is 10.3. The number of hydrogen-bond donors (Lipinski definition) is 0. The van der Waals surface area contributed by atoms with Crippen LogP contribution in [-0.2, 0) is 4.74 Å². The molecule has 0 heterocycles. The van der Waals surface area contributed by atoms with E-state index in [4.69, 9.17) is 4.74 Å². The minimum Gasteiger partial charge on any atom is -0.423 e. The van der Waals surface area contributed by atoms with Crippen LogP contribution in [0.25, 0.3) is 0 Å². The Morgan fingerprint density at radius 1 is 1.10 bits per heavy atom. The average molecular weight is 403 g/mol. The minimum atomic E-state index is -0.241. The lowest BCUT2D eigenvalue weighted by atomic mass is 9.49. The summed E-state index contributed by atoms with van der Waals surface area (Å²) in [6.07, 6.45) is 16.8. The van der Waals surface area contributed by atoms with Crippen LogP contribution < -0.4 is 0 Å². The molecule has 0 saturated heterocycles. The fourth-order valence-corrected chi connectivity index (χ4v) is 7.49. The van der Waals surface area contributed by atoms with E-state index in [1.807, 2.05) is 30.3 Å². The number of fused-ring (bicyclic) bond motifs is 5. The predicted octanol–water partition coefficient (Wildman–Crippen LogP) is 7.10. The topological polar surface area (TPSA) is 26.3 Å². The van der Waals surface area contributed by atoms with Gasteiger partial charge in [-0.25, -0.2) is 4.79 Å². The predicted molar refractivity (Wildman–Crippen MR) is 121 cm³/mol. The molecule has 6 atom stereocenters. The van der Waals surface area contributed by atoms with Crippen LogP contribution >= 0.6 is 0 Å². The molecule has 0 amide bonds. The molecule has 2 fully saturated rings. The first kappa shape index (κ1) is 19.8. The number of carbonyl (C=O) groups is 1. The molecule has 0 aromatic heterocycles. The molecule has 2 saturated carbocycles. The Bertz CT molecular complexity index is 923. The third kappa shape index (κ3) is 2.87. The number of esters is 1. The van der Waals surface area contributed by atoms with E-state index in [0.717, 1.165) is 18.1 Å². The van der Waals surface area contributed by atoms with E-state index in [1.165, 1.54) is 37.7 Å². The SMILES string of the molecule is CC[C@H]1CC[C@H]2[C@@H]3C=C(OC(=O)c4ccccc4)C4=CCC=C[C@]4(C)[C@H]3CC[C@]12C. The Kier molecular flexibility index (Phi) is 4.80. The highest BCUT2D eigenvalue weighted by molar-refractivity contribution is 5.90. The van der Waals surface area contributed by atoms with Gasteiger partial charge in [0.2, 0.25) is 0 Å². The fourth-order valence-electron chi connectivity index (χ4n) is 7.49. The number of ether oxygens (including phenoxy) is 1. The highest BCUT2D eigenvalue weighted by atomic mass is 16.5. The zero-order valence-corrected chi connectivity index (χ0v) is 18.6. The minimum absolute atomic E-state index is 0.0321. The summed E-state index contributed by atoms with van der Waals surface area (Å²) >= 11 is 0. The van der Waals surface area contributed by atoms with Gasteiger partial charge in [-0.2, -0.15) is 0 Å². The van der Waals surface area contributed by atoms with E-state index in [9.17, 15) is 4.79 Å². The van der Waals surface area contributed by atoms with Gasteiger partial charge in [-0.05, 0) is 79.4 Å². The molecule has 158 valence electrons. The Labute approximate surface area is 181 Å².